The van der Waals surface area contributed by atoms with E-state index in [9.17, 15) is 13.5 Å². The molecule has 0 aliphatic heterocycles. The van der Waals surface area contributed by atoms with Crippen molar-refractivity contribution in [1.82, 2.24) is 0 Å². The summed E-state index contributed by atoms with van der Waals surface area (Å²) < 4.78 is 29.4. The van der Waals surface area contributed by atoms with E-state index in [0.29, 0.717) is 5.02 Å². The summed E-state index contributed by atoms with van der Waals surface area (Å²) in [7, 11) is -4.14. The van der Waals surface area contributed by atoms with Crippen molar-refractivity contribution in [2.75, 3.05) is 5.75 Å². The highest BCUT2D eigenvalue weighted by molar-refractivity contribution is 7.85. The van der Waals surface area contributed by atoms with Gasteiger partial charge in [-0.1, -0.05) is 23.7 Å². The molecule has 0 saturated heterocycles. The molecule has 1 rings (SSSR count). The Morgan fingerprint density at radius 1 is 1.40 bits per heavy atom. The van der Waals surface area contributed by atoms with Gasteiger partial charge in [0.2, 0.25) is 0 Å². The number of hydrogen-bond donors (Lipinski definition) is 2. The lowest BCUT2D eigenvalue weighted by Crippen LogP contribution is -2.22. The number of aliphatic hydroxyl groups is 1. The molecule has 0 heterocycles. The van der Waals surface area contributed by atoms with E-state index in [2.05, 4.69) is 0 Å². The number of aliphatic hydroxyl groups excluding tert-OH is 1. The van der Waals surface area contributed by atoms with Crippen LogP contribution >= 0.6 is 11.6 Å². The Labute approximate surface area is 93.3 Å². The zero-order chi connectivity index (χ0) is 11.5. The fourth-order valence-corrected chi connectivity index (χ4v) is 2.06. The Morgan fingerprint density at radius 3 is 2.60 bits per heavy atom. The smallest absolute Gasteiger partial charge is 0.267 e. The van der Waals surface area contributed by atoms with Crippen molar-refractivity contribution in [1.29, 1.82) is 0 Å². The van der Waals surface area contributed by atoms with E-state index in [4.69, 9.17) is 16.2 Å². The molecule has 0 fully saturated rings. The third kappa shape index (κ3) is 5.13. The van der Waals surface area contributed by atoms with Crippen LogP contribution in [0.3, 0.4) is 0 Å². The van der Waals surface area contributed by atoms with Crippen molar-refractivity contribution in [3.63, 3.8) is 0 Å². The van der Waals surface area contributed by atoms with Gasteiger partial charge in [-0.3, -0.25) is 4.55 Å². The first-order valence-corrected chi connectivity index (χ1v) is 6.23. The highest BCUT2D eigenvalue weighted by Crippen LogP contribution is 2.12. The number of benzene rings is 1. The molecule has 0 bridgehead atoms. The molecule has 2 N–H and O–H groups in total. The lowest BCUT2D eigenvalue weighted by Gasteiger charge is -2.08. The van der Waals surface area contributed by atoms with Gasteiger partial charge in [0.1, 0.15) is 5.75 Å². The molecule has 0 saturated carbocycles. The lowest BCUT2D eigenvalue weighted by atomic mass is 10.1. The fourth-order valence-electron chi connectivity index (χ4n) is 1.24. The van der Waals surface area contributed by atoms with E-state index < -0.39 is 22.0 Å². The minimum absolute atomic E-state index is 0.139. The third-order valence-corrected chi connectivity index (χ3v) is 2.80. The van der Waals surface area contributed by atoms with Crippen LogP contribution in [-0.4, -0.2) is 29.9 Å². The molecule has 1 aromatic rings. The van der Waals surface area contributed by atoms with Crippen molar-refractivity contribution < 1.29 is 18.1 Å². The Balaban J connectivity index is 2.63. The third-order valence-electron chi connectivity index (χ3n) is 1.76. The molecule has 0 aliphatic rings. The van der Waals surface area contributed by atoms with Crippen LogP contribution in [-0.2, 0) is 16.5 Å². The molecular weight excluding hydrogens is 240 g/mol. The SMILES string of the molecule is O=S(=O)(O)CC(O)Cc1cccc(Cl)c1. The van der Waals surface area contributed by atoms with Crippen LogP contribution in [0.5, 0.6) is 0 Å². The minimum atomic E-state index is -4.14. The molecule has 0 aromatic heterocycles. The predicted molar refractivity (Wildman–Crippen MR) is 57.6 cm³/mol. The topological polar surface area (TPSA) is 74.6 Å². The molecule has 4 nitrogen and oxygen atoms in total. The quantitative estimate of drug-likeness (QED) is 0.786. The van der Waals surface area contributed by atoms with Gasteiger partial charge in [0, 0.05) is 5.02 Å². The normalized spacial score (nSPS) is 13.8. The molecule has 0 amide bonds. The highest BCUT2D eigenvalue weighted by atomic mass is 35.5. The number of rotatable bonds is 4. The Hall–Kier alpha value is -0.620. The molecule has 0 radical (unpaired) electrons. The molecule has 1 aromatic carbocycles. The van der Waals surface area contributed by atoms with Crippen LogP contribution in [0.2, 0.25) is 5.02 Å². The second-order valence-electron chi connectivity index (χ2n) is 3.24. The Kier molecular flexibility index (Phi) is 4.10. The summed E-state index contributed by atoms with van der Waals surface area (Å²) in [5.74, 6) is -0.667. The van der Waals surface area contributed by atoms with Crippen molar-refractivity contribution in [2.45, 2.75) is 12.5 Å². The van der Waals surface area contributed by atoms with Crippen molar-refractivity contribution in [2.24, 2.45) is 0 Å². The average molecular weight is 251 g/mol. The number of halogens is 1. The Morgan fingerprint density at radius 2 is 2.07 bits per heavy atom. The van der Waals surface area contributed by atoms with E-state index in [1.807, 2.05) is 0 Å². The lowest BCUT2D eigenvalue weighted by molar-refractivity contribution is 0.195. The number of hydrogen-bond acceptors (Lipinski definition) is 3. The van der Waals surface area contributed by atoms with E-state index in [1.54, 1.807) is 24.3 Å². The van der Waals surface area contributed by atoms with Gasteiger partial charge >= 0.3 is 0 Å². The van der Waals surface area contributed by atoms with Crippen LogP contribution < -0.4 is 0 Å². The van der Waals surface area contributed by atoms with Crippen molar-refractivity contribution in [3.05, 3.63) is 34.9 Å². The molecular formula is C9H11ClO4S. The minimum Gasteiger partial charge on any atom is -0.392 e. The first-order chi connectivity index (χ1) is 6.87. The van der Waals surface area contributed by atoms with Crippen LogP contribution in [0, 0.1) is 0 Å². The summed E-state index contributed by atoms with van der Waals surface area (Å²) in [6.07, 6.45) is -0.987. The van der Waals surface area contributed by atoms with Crippen LogP contribution in [0.4, 0.5) is 0 Å². The zero-order valence-electron chi connectivity index (χ0n) is 7.80. The largest absolute Gasteiger partial charge is 0.392 e. The molecule has 0 aliphatic carbocycles. The monoisotopic (exact) mass is 250 g/mol. The molecule has 1 atom stereocenters. The van der Waals surface area contributed by atoms with Crippen LogP contribution in [0.25, 0.3) is 0 Å². The molecule has 0 spiro atoms. The maximum atomic E-state index is 10.5. The van der Waals surface area contributed by atoms with Gasteiger partial charge in [0.05, 0.1) is 6.10 Å². The first kappa shape index (κ1) is 12.4. The maximum absolute atomic E-state index is 10.5. The van der Waals surface area contributed by atoms with Gasteiger partial charge in [-0.15, -0.1) is 0 Å². The van der Waals surface area contributed by atoms with E-state index >= 15 is 0 Å². The fraction of sp³-hybridized carbons (Fsp3) is 0.333. The van der Waals surface area contributed by atoms with Gasteiger partial charge in [0.15, 0.2) is 0 Å². The average Bonchev–Trinajstić information content (AvgIpc) is 1.99. The molecule has 1 unspecified atom stereocenters. The van der Waals surface area contributed by atoms with Gasteiger partial charge in [-0.25, -0.2) is 0 Å². The summed E-state index contributed by atoms with van der Waals surface area (Å²) in [6.45, 7) is 0. The molecule has 84 valence electrons. The summed E-state index contributed by atoms with van der Waals surface area (Å²) in [5, 5.41) is 9.87. The van der Waals surface area contributed by atoms with Gasteiger partial charge < -0.3 is 5.11 Å². The van der Waals surface area contributed by atoms with Crippen molar-refractivity contribution >= 4 is 21.7 Å². The highest BCUT2D eigenvalue weighted by Gasteiger charge is 2.14. The second-order valence-corrected chi connectivity index (χ2v) is 5.17. The first-order valence-electron chi connectivity index (χ1n) is 4.24. The summed E-state index contributed by atoms with van der Waals surface area (Å²) in [6, 6.07) is 6.74. The summed E-state index contributed by atoms with van der Waals surface area (Å²) >= 11 is 5.71. The second kappa shape index (κ2) is 4.94. The summed E-state index contributed by atoms with van der Waals surface area (Å²) in [5.41, 5.74) is 0.721. The standard InChI is InChI=1S/C9H11ClO4S/c10-8-3-1-2-7(4-8)5-9(11)6-15(12,13)14/h1-4,9,11H,5-6H2,(H,12,13,14). The molecule has 6 heteroatoms. The predicted octanol–water partition coefficient (Wildman–Crippen LogP) is 1.13. The van der Waals surface area contributed by atoms with Crippen LogP contribution in [0.1, 0.15) is 5.56 Å². The van der Waals surface area contributed by atoms with Crippen LogP contribution in [0.15, 0.2) is 24.3 Å². The summed E-state index contributed by atoms with van der Waals surface area (Å²) in [4.78, 5) is 0. The van der Waals surface area contributed by atoms with Gasteiger partial charge in [-0.2, -0.15) is 8.42 Å². The Bertz CT molecular complexity index is 429. The zero-order valence-corrected chi connectivity index (χ0v) is 9.37. The van der Waals surface area contributed by atoms with Gasteiger partial charge in [-0.05, 0) is 24.1 Å². The van der Waals surface area contributed by atoms with E-state index in [1.165, 1.54) is 0 Å². The van der Waals surface area contributed by atoms with Gasteiger partial charge in [0.25, 0.3) is 10.1 Å². The maximum Gasteiger partial charge on any atom is 0.267 e. The molecule has 15 heavy (non-hydrogen) atoms. The van der Waals surface area contributed by atoms with E-state index in [0.717, 1.165) is 5.56 Å². The van der Waals surface area contributed by atoms with Crippen molar-refractivity contribution in [3.8, 4) is 0 Å². The van der Waals surface area contributed by atoms with E-state index in [-0.39, 0.29) is 6.42 Å².